The van der Waals surface area contributed by atoms with Crippen LogP contribution in [-0.4, -0.2) is 35.0 Å². The van der Waals surface area contributed by atoms with Crippen molar-refractivity contribution in [3.05, 3.63) is 15.8 Å². The average Bonchev–Trinajstić information content (AvgIpc) is 2.46. The molecule has 0 spiro atoms. The van der Waals surface area contributed by atoms with Gasteiger partial charge in [0.2, 0.25) is 11.8 Å². The van der Waals surface area contributed by atoms with E-state index in [1.54, 1.807) is 14.0 Å². The molecule has 0 atom stereocenters. The van der Waals surface area contributed by atoms with Crippen LogP contribution < -0.4 is 10.2 Å². The Balaban J connectivity index is 2.35. The van der Waals surface area contributed by atoms with Crippen molar-refractivity contribution in [3.63, 3.8) is 0 Å². The Morgan fingerprint density at radius 2 is 2.00 bits per heavy atom. The standard InChI is InChI=1S/C14H23N5O2/c1-5-14(3)6-8-18(9-7-14)12-11(19(20)21)10(2)16-13(15-4)17-12/h5-9H2,1-4H3,(H,15,16,17). The van der Waals surface area contributed by atoms with Crippen LogP contribution in [0.5, 0.6) is 0 Å². The highest BCUT2D eigenvalue weighted by molar-refractivity contribution is 5.62. The summed E-state index contributed by atoms with van der Waals surface area (Å²) in [5.41, 5.74) is 0.756. The van der Waals surface area contributed by atoms with Crippen molar-refractivity contribution in [2.45, 2.75) is 40.0 Å². The molecule has 2 rings (SSSR count). The lowest BCUT2D eigenvalue weighted by Gasteiger charge is -2.39. The summed E-state index contributed by atoms with van der Waals surface area (Å²) in [4.78, 5) is 21.4. The molecule has 1 aliphatic rings. The highest BCUT2D eigenvalue weighted by Crippen LogP contribution is 2.38. The predicted molar refractivity (Wildman–Crippen MR) is 82.8 cm³/mol. The van der Waals surface area contributed by atoms with E-state index in [2.05, 4.69) is 29.1 Å². The molecule has 116 valence electrons. The van der Waals surface area contributed by atoms with Crippen LogP contribution in [0.3, 0.4) is 0 Å². The van der Waals surface area contributed by atoms with Gasteiger partial charge in [-0.05, 0) is 25.2 Å². The zero-order valence-electron chi connectivity index (χ0n) is 13.1. The molecular formula is C14H23N5O2. The Morgan fingerprint density at radius 1 is 1.38 bits per heavy atom. The Morgan fingerprint density at radius 3 is 2.48 bits per heavy atom. The van der Waals surface area contributed by atoms with E-state index in [0.717, 1.165) is 32.4 Å². The first kappa shape index (κ1) is 15.5. The van der Waals surface area contributed by atoms with Gasteiger partial charge < -0.3 is 10.2 Å². The van der Waals surface area contributed by atoms with Crippen molar-refractivity contribution in [1.29, 1.82) is 0 Å². The normalized spacial score (nSPS) is 17.6. The maximum absolute atomic E-state index is 11.3. The number of nitrogens with zero attached hydrogens (tertiary/aromatic N) is 4. The molecule has 1 fully saturated rings. The largest absolute Gasteiger partial charge is 0.357 e. The van der Waals surface area contributed by atoms with Gasteiger partial charge >= 0.3 is 5.69 Å². The molecule has 1 aromatic rings. The van der Waals surface area contributed by atoms with E-state index in [-0.39, 0.29) is 10.6 Å². The van der Waals surface area contributed by atoms with Crippen LogP contribution in [0.4, 0.5) is 17.5 Å². The van der Waals surface area contributed by atoms with Crippen molar-refractivity contribution in [1.82, 2.24) is 9.97 Å². The molecule has 0 saturated carbocycles. The summed E-state index contributed by atoms with van der Waals surface area (Å²) < 4.78 is 0. The third kappa shape index (κ3) is 3.06. The summed E-state index contributed by atoms with van der Waals surface area (Å²) in [6.45, 7) is 7.73. The van der Waals surface area contributed by atoms with Gasteiger partial charge in [0.15, 0.2) is 0 Å². The second-order valence-corrected chi connectivity index (χ2v) is 5.96. The lowest BCUT2D eigenvalue weighted by atomic mass is 9.78. The first-order valence-electron chi connectivity index (χ1n) is 7.36. The predicted octanol–water partition coefficient (Wildman–Crippen LogP) is 2.75. The molecule has 2 heterocycles. The maximum atomic E-state index is 11.3. The zero-order chi connectivity index (χ0) is 15.6. The minimum atomic E-state index is -0.377. The van der Waals surface area contributed by atoms with Crippen LogP contribution in [-0.2, 0) is 0 Å². The van der Waals surface area contributed by atoms with Crippen molar-refractivity contribution in [2.24, 2.45) is 5.41 Å². The number of nitro groups is 1. The van der Waals surface area contributed by atoms with Crippen LogP contribution in [0.15, 0.2) is 0 Å². The fourth-order valence-corrected chi connectivity index (χ4v) is 2.71. The number of rotatable bonds is 4. The summed E-state index contributed by atoms with van der Waals surface area (Å²) in [5, 5.41) is 14.2. The summed E-state index contributed by atoms with van der Waals surface area (Å²) in [5.74, 6) is 0.868. The number of hydrogen-bond acceptors (Lipinski definition) is 6. The van der Waals surface area contributed by atoms with E-state index in [0.29, 0.717) is 22.9 Å². The number of nitrogens with one attached hydrogen (secondary N) is 1. The van der Waals surface area contributed by atoms with E-state index < -0.39 is 0 Å². The average molecular weight is 293 g/mol. The van der Waals surface area contributed by atoms with Crippen molar-refractivity contribution < 1.29 is 4.92 Å². The van der Waals surface area contributed by atoms with Crippen LogP contribution in [0.2, 0.25) is 0 Å². The third-order valence-corrected chi connectivity index (χ3v) is 4.57. The molecule has 1 aromatic heterocycles. The second-order valence-electron chi connectivity index (χ2n) is 5.96. The number of aryl methyl sites for hydroxylation is 1. The highest BCUT2D eigenvalue weighted by Gasteiger charge is 2.33. The van der Waals surface area contributed by atoms with Crippen molar-refractivity contribution in [3.8, 4) is 0 Å². The van der Waals surface area contributed by atoms with Gasteiger partial charge in [-0.2, -0.15) is 4.98 Å². The Labute approximate surface area is 124 Å². The minimum Gasteiger partial charge on any atom is -0.357 e. The molecule has 1 N–H and O–H groups in total. The quantitative estimate of drug-likeness (QED) is 0.678. The monoisotopic (exact) mass is 293 g/mol. The summed E-state index contributed by atoms with van der Waals surface area (Å²) in [6, 6.07) is 0. The molecule has 7 heteroatoms. The Bertz CT molecular complexity index is 538. The van der Waals surface area contributed by atoms with Crippen LogP contribution in [0.1, 0.15) is 38.8 Å². The number of aromatic nitrogens is 2. The summed E-state index contributed by atoms with van der Waals surface area (Å²) in [6.07, 6.45) is 3.19. The third-order valence-electron chi connectivity index (χ3n) is 4.57. The molecule has 0 radical (unpaired) electrons. The van der Waals surface area contributed by atoms with E-state index in [1.807, 2.05) is 4.90 Å². The lowest BCUT2D eigenvalue weighted by Crippen LogP contribution is -2.39. The molecular weight excluding hydrogens is 270 g/mol. The topological polar surface area (TPSA) is 84.2 Å². The molecule has 21 heavy (non-hydrogen) atoms. The molecule has 0 bridgehead atoms. The molecule has 0 unspecified atom stereocenters. The molecule has 1 saturated heterocycles. The van der Waals surface area contributed by atoms with Gasteiger partial charge in [-0.25, -0.2) is 4.98 Å². The van der Waals surface area contributed by atoms with Crippen LogP contribution in [0, 0.1) is 22.5 Å². The van der Waals surface area contributed by atoms with Gasteiger partial charge in [-0.3, -0.25) is 10.1 Å². The van der Waals surface area contributed by atoms with Gasteiger partial charge in [0.25, 0.3) is 0 Å². The van der Waals surface area contributed by atoms with Gasteiger partial charge in [0, 0.05) is 20.1 Å². The SMILES string of the molecule is CCC1(C)CCN(c2nc(NC)nc(C)c2[N+](=O)[O-])CC1. The second kappa shape index (κ2) is 5.83. The highest BCUT2D eigenvalue weighted by atomic mass is 16.6. The van der Waals surface area contributed by atoms with Gasteiger partial charge in [0.1, 0.15) is 5.69 Å². The van der Waals surface area contributed by atoms with E-state index in [4.69, 9.17) is 0 Å². The first-order chi connectivity index (χ1) is 9.90. The summed E-state index contributed by atoms with van der Waals surface area (Å²) in [7, 11) is 1.72. The molecule has 7 nitrogen and oxygen atoms in total. The molecule has 0 aliphatic carbocycles. The van der Waals surface area contributed by atoms with Gasteiger partial charge in [0.05, 0.1) is 4.92 Å². The molecule has 0 aromatic carbocycles. The number of piperidine rings is 1. The Hall–Kier alpha value is -1.92. The maximum Gasteiger partial charge on any atom is 0.332 e. The van der Waals surface area contributed by atoms with Crippen molar-refractivity contribution >= 4 is 17.5 Å². The minimum absolute atomic E-state index is 0.0223. The van der Waals surface area contributed by atoms with E-state index >= 15 is 0 Å². The number of hydrogen-bond donors (Lipinski definition) is 1. The fraction of sp³-hybridized carbons (Fsp3) is 0.714. The number of anilines is 2. The Kier molecular flexibility index (Phi) is 4.29. The van der Waals surface area contributed by atoms with Crippen molar-refractivity contribution in [2.75, 3.05) is 30.4 Å². The van der Waals surface area contributed by atoms with Crippen LogP contribution >= 0.6 is 0 Å². The smallest absolute Gasteiger partial charge is 0.332 e. The van der Waals surface area contributed by atoms with Crippen LogP contribution in [0.25, 0.3) is 0 Å². The van der Waals surface area contributed by atoms with Gasteiger partial charge in [-0.1, -0.05) is 20.3 Å². The van der Waals surface area contributed by atoms with Gasteiger partial charge in [-0.15, -0.1) is 0 Å². The fourth-order valence-electron chi connectivity index (χ4n) is 2.71. The summed E-state index contributed by atoms with van der Waals surface area (Å²) >= 11 is 0. The zero-order valence-corrected chi connectivity index (χ0v) is 13.1. The van der Waals surface area contributed by atoms with E-state index in [1.165, 1.54) is 0 Å². The first-order valence-corrected chi connectivity index (χ1v) is 7.36. The lowest BCUT2D eigenvalue weighted by molar-refractivity contribution is -0.385. The molecule has 1 aliphatic heterocycles. The van der Waals surface area contributed by atoms with E-state index in [9.17, 15) is 10.1 Å². The molecule has 0 amide bonds.